The molecular weight excluding hydrogens is 352 g/mol. The zero-order valence-electron chi connectivity index (χ0n) is 13.9. The normalized spacial score (nSPS) is 10.3. The van der Waals surface area contributed by atoms with E-state index in [-0.39, 0.29) is 11.8 Å². The van der Waals surface area contributed by atoms with Crippen LogP contribution in [0.4, 0.5) is 0 Å². The van der Waals surface area contributed by atoms with Gasteiger partial charge in [-0.05, 0) is 48.5 Å². The highest BCUT2D eigenvalue weighted by Gasteiger charge is 2.07. The van der Waals surface area contributed by atoms with Crippen molar-refractivity contribution in [2.24, 2.45) is 0 Å². The Balaban J connectivity index is 1.45. The molecule has 0 bridgehead atoms. The number of hydrogen-bond donors (Lipinski definition) is 2. The molecule has 0 radical (unpaired) electrons. The Morgan fingerprint density at radius 1 is 0.885 bits per heavy atom. The Morgan fingerprint density at radius 3 is 1.92 bits per heavy atom. The largest absolute Gasteiger partial charge is 0.350 e. The second kappa shape index (κ2) is 8.31. The van der Waals surface area contributed by atoms with E-state index < -0.39 is 0 Å². The molecule has 3 rings (SSSR count). The fourth-order valence-electron chi connectivity index (χ4n) is 2.35. The third kappa shape index (κ3) is 4.49. The molecule has 0 unspecified atom stereocenters. The Bertz CT molecular complexity index is 875. The average Bonchev–Trinajstić information content (AvgIpc) is 3.20. The zero-order valence-corrected chi connectivity index (χ0v) is 14.6. The second-order valence-electron chi connectivity index (χ2n) is 5.54. The van der Waals surface area contributed by atoms with Crippen LogP contribution in [0.3, 0.4) is 0 Å². The molecule has 7 heteroatoms. The smallest absolute Gasteiger partial charge is 0.251 e. The molecule has 0 atom stereocenters. The van der Waals surface area contributed by atoms with Crippen LogP contribution in [-0.2, 0) is 0 Å². The van der Waals surface area contributed by atoms with E-state index >= 15 is 0 Å². The lowest BCUT2D eigenvalue weighted by molar-refractivity contribution is 0.0927. The molecular formula is C19H17ClN4O2. The van der Waals surface area contributed by atoms with Crippen molar-refractivity contribution >= 4 is 23.4 Å². The molecule has 2 N–H and O–H groups in total. The first kappa shape index (κ1) is 17.7. The summed E-state index contributed by atoms with van der Waals surface area (Å²) < 4.78 is 1.86. The van der Waals surface area contributed by atoms with Gasteiger partial charge < -0.3 is 15.2 Å². The minimum Gasteiger partial charge on any atom is -0.350 e. The molecule has 0 saturated carbocycles. The maximum absolute atomic E-state index is 12.1. The van der Waals surface area contributed by atoms with Gasteiger partial charge in [-0.3, -0.25) is 9.59 Å². The summed E-state index contributed by atoms with van der Waals surface area (Å²) in [7, 11) is 0. The van der Waals surface area contributed by atoms with Gasteiger partial charge in [0.25, 0.3) is 11.8 Å². The van der Waals surface area contributed by atoms with E-state index in [1.54, 1.807) is 48.9 Å². The number of imidazole rings is 1. The van der Waals surface area contributed by atoms with E-state index in [0.29, 0.717) is 29.2 Å². The summed E-state index contributed by atoms with van der Waals surface area (Å²) in [4.78, 5) is 28.1. The van der Waals surface area contributed by atoms with Gasteiger partial charge in [-0.1, -0.05) is 11.6 Å². The molecule has 26 heavy (non-hydrogen) atoms. The molecule has 2 aromatic carbocycles. The maximum atomic E-state index is 12.1. The third-order valence-electron chi connectivity index (χ3n) is 3.73. The fraction of sp³-hybridized carbons (Fsp3) is 0.105. The Morgan fingerprint density at radius 2 is 1.42 bits per heavy atom. The van der Waals surface area contributed by atoms with Gasteiger partial charge in [0, 0.05) is 47.3 Å². The van der Waals surface area contributed by atoms with Crippen molar-refractivity contribution in [1.82, 2.24) is 20.2 Å². The lowest BCUT2D eigenvalue weighted by atomic mass is 10.2. The van der Waals surface area contributed by atoms with Crippen LogP contribution in [0.1, 0.15) is 20.7 Å². The molecule has 1 aromatic heterocycles. The fourth-order valence-corrected chi connectivity index (χ4v) is 2.48. The lowest BCUT2D eigenvalue weighted by Gasteiger charge is -2.08. The van der Waals surface area contributed by atoms with Crippen LogP contribution in [0.2, 0.25) is 5.02 Å². The number of nitrogens with zero attached hydrogens (tertiary/aromatic N) is 2. The van der Waals surface area contributed by atoms with Crippen molar-refractivity contribution < 1.29 is 9.59 Å². The van der Waals surface area contributed by atoms with Crippen molar-refractivity contribution in [1.29, 1.82) is 0 Å². The Hall–Kier alpha value is -3.12. The molecule has 0 aliphatic rings. The van der Waals surface area contributed by atoms with E-state index in [2.05, 4.69) is 15.6 Å². The molecule has 0 spiro atoms. The molecule has 6 nitrogen and oxygen atoms in total. The van der Waals surface area contributed by atoms with Crippen molar-refractivity contribution in [3.63, 3.8) is 0 Å². The Labute approximate surface area is 155 Å². The summed E-state index contributed by atoms with van der Waals surface area (Å²) in [5.41, 5.74) is 2.00. The summed E-state index contributed by atoms with van der Waals surface area (Å²) in [6.07, 6.45) is 5.22. The number of halogens is 1. The van der Waals surface area contributed by atoms with E-state index in [1.165, 1.54) is 0 Å². The van der Waals surface area contributed by atoms with Crippen molar-refractivity contribution in [2.45, 2.75) is 0 Å². The highest BCUT2D eigenvalue weighted by Crippen LogP contribution is 2.10. The van der Waals surface area contributed by atoms with Gasteiger partial charge in [-0.2, -0.15) is 0 Å². The number of amides is 2. The van der Waals surface area contributed by atoms with E-state index in [9.17, 15) is 9.59 Å². The topological polar surface area (TPSA) is 76.0 Å². The van der Waals surface area contributed by atoms with Crippen molar-refractivity contribution in [2.75, 3.05) is 13.1 Å². The standard InChI is InChI=1S/C19H17ClN4O2/c20-16-5-1-14(2-6-16)18(25)22-9-10-23-19(26)15-3-7-17(8-4-15)24-12-11-21-13-24/h1-8,11-13H,9-10H2,(H,22,25)(H,23,26). The molecule has 1 heterocycles. The summed E-state index contributed by atoms with van der Waals surface area (Å²) in [6, 6.07) is 13.8. The first-order valence-corrected chi connectivity index (χ1v) is 8.41. The number of aromatic nitrogens is 2. The predicted octanol–water partition coefficient (Wildman–Crippen LogP) is 2.69. The quantitative estimate of drug-likeness (QED) is 0.657. The van der Waals surface area contributed by atoms with Crippen LogP contribution in [0.5, 0.6) is 0 Å². The minimum absolute atomic E-state index is 0.192. The second-order valence-corrected chi connectivity index (χ2v) is 5.97. The number of carbonyl (C=O) groups excluding carboxylic acids is 2. The van der Waals surface area contributed by atoms with Gasteiger partial charge >= 0.3 is 0 Å². The number of hydrogen-bond acceptors (Lipinski definition) is 3. The van der Waals surface area contributed by atoms with Gasteiger partial charge in [0.15, 0.2) is 0 Å². The lowest BCUT2D eigenvalue weighted by Crippen LogP contribution is -2.34. The van der Waals surface area contributed by atoms with Crippen LogP contribution in [-0.4, -0.2) is 34.5 Å². The van der Waals surface area contributed by atoms with Gasteiger partial charge in [-0.25, -0.2) is 4.98 Å². The average molecular weight is 369 g/mol. The number of rotatable bonds is 6. The van der Waals surface area contributed by atoms with Gasteiger partial charge in [0.1, 0.15) is 0 Å². The Kier molecular flexibility index (Phi) is 5.66. The van der Waals surface area contributed by atoms with Gasteiger partial charge in [-0.15, -0.1) is 0 Å². The first-order chi connectivity index (χ1) is 12.6. The molecule has 2 amide bonds. The van der Waals surface area contributed by atoms with Crippen LogP contribution in [0.15, 0.2) is 67.3 Å². The van der Waals surface area contributed by atoms with E-state index in [1.807, 2.05) is 22.9 Å². The van der Waals surface area contributed by atoms with Crippen molar-refractivity contribution in [3.8, 4) is 5.69 Å². The molecule has 132 valence electrons. The molecule has 0 saturated heterocycles. The first-order valence-electron chi connectivity index (χ1n) is 8.04. The monoisotopic (exact) mass is 368 g/mol. The summed E-state index contributed by atoms with van der Waals surface area (Å²) in [5.74, 6) is -0.400. The van der Waals surface area contributed by atoms with Gasteiger partial charge in [0.05, 0.1) is 6.33 Å². The van der Waals surface area contributed by atoms with Gasteiger partial charge in [0.2, 0.25) is 0 Å². The molecule has 3 aromatic rings. The predicted molar refractivity (Wildman–Crippen MR) is 99.7 cm³/mol. The maximum Gasteiger partial charge on any atom is 0.251 e. The third-order valence-corrected chi connectivity index (χ3v) is 3.99. The minimum atomic E-state index is -0.208. The van der Waals surface area contributed by atoms with Crippen LogP contribution in [0, 0.1) is 0 Å². The molecule has 0 aliphatic carbocycles. The van der Waals surface area contributed by atoms with Crippen LogP contribution in [0.25, 0.3) is 5.69 Å². The number of benzene rings is 2. The SMILES string of the molecule is O=C(NCCNC(=O)c1ccc(-n2ccnc2)cc1)c1ccc(Cl)cc1. The molecule has 0 aliphatic heterocycles. The number of carbonyl (C=O) groups is 2. The molecule has 0 fully saturated rings. The van der Waals surface area contributed by atoms with E-state index in [0.717, 1.165) is 5.69 Å². The van der Waals surface area contributed by atoms with E-state index in [4.69, 9.17) is 11.6 Å². The zero-order chi connectivity index (χ0) is 18.4. The summed E-state index contributed by atoms with van der Waals surface area (Å²) in [6.45, 7) is 0.668. The van der Waals surface area contributed by atoms with Crippen molar-refractivity contribution in [3.05, 3.63) is 83.4 Å². The summed E-state index contributed by atoms with van der Waals surface area (Å²) >= 11 is 5.79. The highest BCUT2D eigenvalue weighted by molar-refractivity contribution is 6.30. The number of nitrogens with one attached hydrogen (secondary N) is 2. The van der Waals surface area contributed by atoms with Crippen LogP contribution >= 0.6 is 11.6 Å². The summed E-state index contributed by atoms with van der Waals surface area (Å²) in [5, 5.41) is 6.10. The van der Waals surface area contributed by atoms with Crippen LogP contribution < -0.4 is 10.6 Å². The highest BCUT2D eigenvalue weighted by atomic mass is 35.5.